The Morgan fingerprint density at radius 2 is 1.80 bits per heavy atom. The second-order valence-electron chi connectivity index (χ2n) is 7.21. The Balaban J connectivity index is 0.00000145. The van der Waals surface area contributed by atoms with E-state index in [1.54, 1.807) is 37.3 Å². The first-order chi connectivity index (χ1) is 16.8. The van der Waals surface area contributed by atoms with E-state index in [9.17, 15) is 18.8 Å². The van der Waals surface area contributed by atoms with E-state index in [2.05, 4.69) is 15.3 Å². The largest absolute Gasteiger partial charge is 0.310 e. The number of aryl methyl sites for hydroxylation is 1. The van der Waals surface area contributed by atoms with Gasteiger partial charge in [-0.1, -0.05) is 46.8 Å². The van der Waals surface area contributed by atoms with Gasteiger partial charge in [0.25, 0.3) is 11.8 Å². The zero-order valence-electron chi connectivity index (χ0n) is 21.8. The molecule has 35 heavy (non-hydrogen) atoms. The fourth-order valence-electron chi connectivity index (χ4n) is 3.50. The van der Waals surface area contributed by atoms with E-state index < -0.39 is 11.9 Å². The highest BCUT2D eigenvalue weighted by atomic mass is 19.1. The predicted octanol–water partition coefficient (Wildman–Crippen LogP) is 5.64. The Labute approximate surface area is 207 Å². The fraction of sp³-hybridized carbons (Fsp3) is 0.370. The van der Waals surface area contributed by atoms with Crippen LogP contribution in [0.5, 0.6) is 0 Å². The van der Waals surface area contributed by atoms with E-state index in [4.69, 9.17) is 0 Å². The van der Waals surface area contributed by atoms with E-state index in [-0.39, 0.29) is 23.8 Å². The van der Waals surface area contributed by atoms with Crippen molar-refractivity contribution in [1.29, 1.82) is 0 Å². The molecule has 1 aromatic carbocycles. The summed E-state index contributed by atoms with van der Waals surface area (Å²) in [6, 6.07) is 6.61. The summed E-state index contributed by atoms with van der Waals surface area (Å²) in [5.74, 6) is -1.46. The van der Waals surface area contributed by atoms with E-state index in [1.165, 1.54) is 20.3 Å². The summed E-state index contributed by atoms with van der Waals surface area (Å²) in [5, 5.41) is 2.68. The van der Waals surface area contributed by atoms with Crippen molar-refractivity contribution in [2.75, 3.05) is 19.4 Å². The lowest BCUT2D eigenvalue weighted by Gasteiger charge is -2.10. The summed E-state index contributed by atoms with van der Waals surface area (Å²) in [4.78, 5) is 46.1. The highest BCUT2D eigenvalue weighted by Crippen LogP contribution is 2.27. The number of carbonyl (C=O) groups excluding carboxylic acids is 3. The second-order valence-corrected chi connectivity index (χ2v) is 7.21. The summed E-state index contributed by atoms with van der Waals surface area (Å²) in [7, 11) is 2.79. The van der Waals surface area contributed by atoms with Crippen LogP contribution in [0.4, 0.5) is 10.2 Å². The molecule has 0 spiro atoms. The molecule has 0 saturated carbocycles. The number of carbonyl (C=O) groups is 3. The predicted molar refractivity (Wildman–Crippen MR) is 140 cm³/mol. The number of hydrogen-bond donors (Lipinski definition) is 1. The number of halogens is 1. The standard InChI is InChI=1S/C23H23FN4O3.2C2H6/c1-5-6-16(21(24)25-3)14-7-8-18(26-12-14)27-19(29)11-15-9-13(2)10-17-20(15)23(31)28(4)22(17)30;2*1-2/h6-10,12H,5,11H2,1-4H3,(H,26,27,29);2*1-2H3/b16-6-,25-21?;;. The van der Waals surface area contributed by atoms with Crippen LogP contribution in [-0.2, 0) is 11.2 Å². The lowest BCUT2D eigenvalue weighted by Crippen LogP contribution is -2.24. The topological polar surface area (TPSA) is 91.7 Å². The van der Waals surface area contributed by atoms with Crippen molar-refractivity contribution in [2.45, 2.75) is 54.4 Å². The van der Waals surface area contributed by atoms with Crippen LogP contribution in [0.1, 0.15) is 78.4 Å². The zero-order valence-corrected chi connectivity index (χ0v) is 21.8. The van der Waals surface area contributed by atoms with Crippen molar-refractivity contribution in [1.82, 2.24) is 9.88 Å². The van der Waals surface area contributed by atoms with Crippen LogP contribution in [0.2, 0.25) is 0 Å². The molecule has 0 radical (unpaired) electrons. The molecule has 1 aliphatic heterocycles. The molecule has 0 saturated heterocycles. The minimum absolute atomic E-state index is 0.0849. The molecule has 188 valence electrons. The molecule has 2 aromatic rings. The first-order valence-electron chi connectivity index (χ1n) is 11.8. The monoisotopic (exact) mass is 482 g/mol. The Kier molecular flexibility index (Phi) is 11.6. The van der Waals surface area contributed by atoms with E-state index in [0.717, 1.165) is 10.5 Å². The lowest BCUT2D eigenvalue weighted by molar-refractivity contribution is -0.115. The van der Waals surface area contributed by atoms with Crippen molar-refractivity contribution < 1.29 is 18.8 Å². The van der Waals surface area contributed by atoms with Crippen molar-refractivity contribution >= 4 is 35.1 Å². The summed E-state index contributed by atoms with van der Waals surface area (Å²) in [6.07, 6.45) is 3.72. The molecule has 3 rings (SSSR count). The third kappa shape index (κ3) is 6.91. The number of aliphatic imine (C=N–C) groups is 1. The van der Waals surface area contributed by atoms with Gasteiger partial charge in [0.2, 0.25) is 11.9 Å². The molecule has 1 aromatic heterocycles. The van der Waals surface area contributed by atoms with Gasteiger partial charge in [0.05, 0.1) is 17.5 Å². The van der Waals surface area contributed by atoms with Crippen molar-refractivity contribution in [3.63, 3.8) is 0 Å². The van der Waals surface area contributed by atoms with Crippen LogP contribution in [-0.4, -0.2) is 47.7 Å². The molecule has 0 aliphatic carbocycles. The third-order valence-corrected chi connectivity index (χ3v) is 4.94. The van der Waals surface area contributed by atoms with Crippen LogP contribution < -0.4 is 5.32 Å². The van der Waals surface area contributed by atoms with Gasteiger partial charge in [-0.15, -0.1) is 0 Å². The molecule has 7 nitrogen and oxygen atoms in total. The van der Waals surface area contributed by atoms with Gasteiger partial charge in [-0.3, -0.25) is 24.3 Å². The molecule has 1 N–H and O–H groups in total. The lowest BCUT2D eigenvalue weighted by atomic mass is 9.97. The first-order valence-corrected chi connectivity index (χ1v) is 11.8. The number of nitrogens with zero attached hydrogens (tertiary/aromatic N) is 3. The van der Waals surface area contributed by atoms with E-state index >= 15 is 0 Å². The number of anilines is 1. The van der Waals surface area contributed by atoms with Crippen LogP contribution in [0.15, 0.2) is 41.5 Å². The summed E-state index contributed by atoms with van der Waals surface area (Å²) in [5.41, 5.74) is 2.74. The molecule has 1 aliphatic rings. The Morgan fingerprint density at radius 1 is 1.14 bits per heavy atom. The zero-order chi connectivity index (χ0) is 26.7. The van der Waals surface area contributed by atoms with Gasteiger partial charge in [0, 0.05) is 31.4 Å². The highest BCUT2D eigenvalue weighted by Gasteiger charge is 2.35. The normalized spacial score (nSPS) is 12.9. The van der Waals surface area contributed by atoms with Crippen molar-refractivity contribution in [3.05, 3.63) is 64.4 Å². The molecule has 0 bridgehead atoms. The quantitative estimate of drug-likeness (QED) is 0.426. The summed E-state index contributed by atoms with van der Waals surface area (Å²) < 4.78 is 14.0. The summed E-state index contributed by atoms with van der Waals surface area (Å²) in [6.45, 7) is 11.7. The molecule has 0 fully saturated rings. The molecule has 0 atom stereocenters. The third-order valence-electron chi connectivity index (χ3n) is 4.94. The summed E-state index contributed by atoms with van der Waals surface area (Å²) >= 11 is 0. The number of pyridine rings is 1. The molecule has 8 heteroatoms. The molecule has 3 amide bonds. The van der Waals surface area contributed by atoms with Crippen LogP contribution >= 0.6 is 0 Å². The van der Waals surface area contributed by atoms with Gasteiger partial charge in [0.15, 0.2) is 0 Å². The van der Waals surface area contributed by atoms with Crippen molar-refractivity contribution in [2.24, 2.45) is 4.99 Å². The Morgan fingerprint density at radius 3 is 2.34 bits per heavy atom. The Hall–Kier alpha value is -3.68. The number of amides is 3. The fourth-order valence-corrected chi connectivity index (χ4v) is 3.50. The highest BCUT2D eigenvalue weighted by molar-refractivity contribution is 6.22. The number of fused-ring (bicyclic) bond motifs is 1. The second kappa shape index (κ2) is 13.9. The molecular weight excluding hydrogens is 447 g/mol. The first kappa shape index (κ1) is 29.4. The van der Waals surface area contributed by atoms with Gasteiger partial charge in [-0.25, -0.2) is 4.98 Å². The van der Waals surface area contributed by atoms with Gasteiger partial charge < -0.3 is 5.32 Å². The van der Waals surface area contributed by atoms with Crippen LogP contribution in [0.25, 0.3) is 5.57 Å². The van der Waals surface area contributed by atoms with E-state index in [1.807, 2.05) is 34.6 Å². The van der Waals surface area contributed by atoms with Crippen LogP contribution in [0.3, 0.4) is 0 Å². The number of rotatable bonds is 6. The van der Waals surface area contributed by atoms with Gasteiger partial charge >= 0.3 is 0 Å². The maximum atomic E-state index is 14.0. The average molecular weight is 483 g/mol. The SMILES string of the molecule is CC.CC.CC/C=C(\C(F)=NC)c1ccc(NC(=O)Cc2cc(C)cc3c2C(=O)N(C)C3=O)nc1. The Bertz CT molecular complexity index is 1120. The number of aromatic nitrogens is 1. The van der Waals surface area contributed by atoms with Gasteiger partial charge in [0.1, 0.15) is 5.82 Å². The van der Waals surface area contributed by atoms with Crippen LogP contribution in [0, 0.1) is 6.92 Å². The molecule has 2 heterocycles. The number of nitrogens with one attached hydrogen (secondary N) is 1. The average Bonchev–Trinajstić information content (AvgIpc) is 3.08. The minimum atomic E-state index is -0.585. The number of imide groups is 1. The number of benzene rings is 1. The molecule has 0 unspecified atom stereocenters. The van der Waals surface area contributed by atoms with E-state index in [0.29, 0.717) is 34.5 Å². The number of allylic oxidation sites excluding steroid dienone is 2. The molecular formula is C27H35FN4O3. The smallest absolute Gasteiger partial charge is 0.261 e. The van der Waals surface area contributed by atoms with Gasteiger partial charge in [-0.2, -0.15) is 4.39 Å². The van der Waals surface area contributed by atoms with Gasteiger partial charge in [-0.05, 0) is 42.7 Å². The van der Waals surface area contributed by atoms with Crippen molar-refractivity contribution in [3.8, 4) is 0 Å². The maximum Gasteiger partial charge on any atom is 0.261 e. The number of hydrogen-bond acceptors (Lipinski definition) is 5. The maximum absolute atomic E-state index is 14.0. The minimum Gasteiger partial charge on any atom is -0.310 e.